The van der Waals surface area contributed by atoms with Gasteiger partial charge in [-0.1, -0.05) is 13.8 Å². The van der Waals surface area contributed by atoms with Gasteiger partial charge in [-0.15, -0.1) is 0 Å². The number of nitrogens with two attached hydrogens (primary N) is 1. The van der Waals surface area contributed by atoms with Crippen LogP contribution in [0.2, 0.25) is 0 Å². The van der Waals surface area contributed by atoms with Crippen molar-refractivity contribution in [3.05, 3.63) is 30.5 Å². The standard InChI is InChI=1S/C15H19N3O2/c1-10(2)8-18-14(19)9-20-13-6-5-12(16)11-4-3-7-17-15(11)13/h3-7,10H,8-9,16H2,1-2H3,(H,18,19). The Morgan fingerprint density at radius 3 is 2.95 bits per heavy atom. The van der Waals surface area contributed by atoms with E-state index in [0.717, 1.165) is 5.39 Å². The molecule has 0 fully saturated rings. The molecule has 0 unspecified atom stereocenters. The zero-order chi connectivity index (χ0) is 14.5. The monoisotopic (exact) mass is 273 g/mol. The highest BCUT2D eigenvalue weighted by Gasteiger charge is 2.08. The van der Waals surface area contributed by atoms with Gasteiger partial charge in [0, 0.05) is 23.8 Å². The van der Waals surface area contributed by atoms with Crippen LogP contribution in [0.5, 0.6) is 5.75 Å². The lowest BCUT2D eigenvalue weighted by molar-refractivity contribution is -0.123. The number of anilines is 1. The number of rotatable bonds is 5. The predicted octanol–water partition coefficient (Wildman–Crippen LogP) is 1.97. The number of fused-ring (bicyclic) bond motifs is 1. The minimum Gasteiger partial charge on any atom is -0.481 e. The third-order valence-corrected chi connectivity index (χ3v) is 2.83. The number of aromatic nitrogens is 1. The van der Waals surface area contributed by atoms with Gasteiger partial charge in [-0.25, -0.2) is 0 Å². The third-order valence-electron chi connectivity index (χ3n) is 2.83. The topological polar surface area (TPSA) is 77.2 Å². The molecule has 0 aliphatic heterocycles. The number of hydrogen-bond donors (Lipinski definition) is 2. The number of nitrogen functional groups attached to an aromatic ring is 1. The summed E-state index contributed by atoms with van der Waals surface area (Å²) in [5, 5.41) is 3.63. The highest BCUT2D eigenvalue weighted by molar-refractivity contribution is 5.94. The number of amides is 1. The Bertz CT molecular complexity index is 611. The molecule has 0 saturated heterocycles. The molecule has 0 aliphatic rings. The fourth-order valence-electron chi connectivity index (χ4n) is 1.80. The number of nitrogens with zero attached hydrogens (tertiary/aromatic N) is 1. The summed E-state index contributed by atoms with van der Waals surface area (Å²) in [5.41, 5.74) is 7.20. The number of hydrogen-bond acceptors (Lipinski definition) is 4. The maximum atomic E-state index is 11.6. The highest BCUT2D eigenvalue weighted by atomic mass is 16.5. The first-order valence-electron chi connectivity index (χ1n) is 6.60. The van der Waals surface area contributed by atoms with Crippen LogP contribution >= 0.6 is 0 Å². The first kappa shape index (κ1) is 14.1. The van der Waals surface area contributed by atoms with Crippen molar-refractivity contribution in [1.29, 1.82) is 0 Å². The van der Waals surface area contributed by atoms with Gasteiger partial charge in [0.05, 0.1) is 0 Å². The van der Waals surface area contributed by atoms with E-state index in [-0.39, 0.29) is 12.5 Å². The lowest BCUT2D eigenvalue weighted by Crippen LogP contribution is -2.31. The largest absolute Gasteiger partial charge is 0.481 e. The van der Waals surface area contributed by atoms with Gasteiger partial charge in [-0.05, 0) is 30.2 Å². The molecule has 0 saturated carbocycles. The smallest absolute Gasteiger partial charge is 0.257 e. The SMILES string of the molecule is CC(C)CNC(=O)COc1ccc(N)c2cccnc12. The zero-order valence-corrected chi connectivity index (χ0v) is 11.7. The van der Waals surface area contributed by atoms with E-state index in [2.05, 4.69) is 10.3 Å². The zero-order valence-electron chi connectivity index (χ0n) is 11.7. The normalized spacial score (nSPS) is 10.8. The summed E-state index contributed by atoms with van der Waals surface area (Å²) < 4.78 is 5.54. The van der Waals surface area contributed by atoms with Crippen LogP contribution in [0, 0.1) is 5.92 Å². The molecular formula is C15H19N3O2. The van der Waals surface area contributed by atoms with Crippen molar-refractivity contribution >= 4 is 22.5 Å². The fourth-order valence-corrected chi connectivity index (χ4v) is 1.80. The summed E-state index contributed by atoms with van der Waals surface area (Å²) in [4.78, 5) is 15.9. The van der Waals surface area contributed by atoms with Crippen LogP contribution in [0.15, 0.2) is 30.5 Å². The Morgan fingerprint density at radius 2 is 2.20 bits per heavy atom. The maximum absolute atomic E-state index is 11.6. The molecule has 1 heterocycles. The maximum Gasteiger partial charge on any atom is 0.257 e. The van der Waals surface area contributed by atoms with Crippen LogP contribution in [-0.2, 0) is 4.79 Å². The van der Waals surface area contributed by atoms with Gasteiger partial charge >= 0.3 is 0 Å². The van der Waals surface area contributed by atoms with Crippen LogP contribution in [0.1, 0.15) is 13.8 Å². The van der Waals surface area contributed by atoms with Crippen molar-refractivity contribution in [3.63, 3.8) is 0 Å². The van der Waals surface area contributed by atoms with E-state index in [0.29, 0.717) is 29.4 Å². The van der Waals surface area contributed by atoms with E-state index < -0.39 is 0 Å². The molecule has 1 aromatic carbocycles. The van der Waals surface area contributed by atoms with E-state index in [1.54, 1.807) is 18.3 Å². The molecule has 5 nitrogen and oxygen atoms in total. The summed E-state index contributed by atoms with van der Waals surface area (Å²) in [5.74, 6) is 0.840. The molecule has 3 N–H and O–H groups in total. The van der Waals surface area contributed by atoms with E-state index in [1.807, 2.05) is 26.0 Å². The van der Waals surface area contributed by atoms with Gasteiger partial charge in [0.15, 0.2) is 6.61 Å². The summed E-state index contributed by atoms with van der Waals surface area (Å²) >= 11 is 0. The van der Waals surface area contributed by atoms with E-state index in [1.165, 1.54) is 0 Å². The number of nitrogens with one attached hydrogen (secondary N) is 1. The summed E-state index contributed by atoms with van der Waals surface area (Å²) in [6.07, 6.45) is 1.67. The summed E-state index contributed by atoms with van der Waals surface area (Å²) in [7, 11) is 0. The van der Waals surface area contributed by atoms with E-state index >= 15 is 0 Å². The minimum absolute atomic E-state index is 0.0255. The Hall–Kier alpha value is -2.30. The molecule has 2 rings (SSSR count). The van der Waals surface area contributed by atoms with Gasteiger partial charge < -0.3 is 15.8 Å². The molecule has 1 aromatic heterocycles. The van der Waals surface area contributed by atoms with Crippen molar-refractivity contribution in [2.75, 3.05) is 18.9 Å². The quantitative estimate of drug-likeness (QED) is 0.816. The molecular weight excluding hydrogens is 254 g/mol. The van der Waals surface area contributed by atoms with Gasteiger partial charge in [0.2, 0.25) is 0 Å². The molecule has 5 heteroatoms. The van der Waals surface area contributed by atoms with Crippen molar-refractivity contribution in [2.45, 2.75) is 13.8 Å². The number of pyridine rings is 1. The molecule has 20 heavy (non-hydrogen) atoms. The lowest BCUT2D eigenvalue weighted by Gasteiger charge is -2.11. The molecule has 0 radical (unpaired) electrons. The minimum atomic E-state index is -0.139. The Morgan fingerprint density at radius 1 is 1.40 bits per heavy atom. The second-order valence-electron chi connectivity index (χ2n) is 5.04. The first-order valence-corrected chi connectivity index (χ1v) is 6.60. The molecule has 2 aromatic rings. The second kappa shape index (κ2) is 6.23. The van der Waals surface area contributed by atoms with Crippen LogP contribution < -0.4 is 15.8 Å². The summed E-state index contributed by atoms with van der Waals surface area (Å²) in [6, 6.07) is 7.19. The Balaban J connectivity index is 2.07. The van der Waals surface area contributed by atoms with Crippen LogP contribution in [0.3, 0.4) is 0 Å². The molecule has 0 bridgehead atoms. The third kappa shape index (κ3) is 3.38. The van der Waals surface area contributed by atoms with Crippen LogP contribution in [0.25, 0.3) is 10.9 Å². The molecule has 106 valence electrons. The van der Waals surface area contributed by atoms with Crippen molar-refractivity contribution < 1.29 is 9.53 Å². The molecule has 0 atom stereocenters. The van der Waals surface area contributed by atoms with Gasteiger partial charge in [0.25, 0.3) is 5.91 Å². The van der Waals surface area contributed by atoms with Crippen LogP contribution in [0.4, 0.5) is 5.69 Å². The average Bonchev–Trinajstić information content (AvgIpc) is 2.45. The first-order chi connectivity index (χ1) is 9.58. The number of benzene rings is 1. The van der Waals surface area contributed by atoms with Crippen molar-refractivity contribution in [2.24, 2.45) is 5.92 Å². The van der Waals surface area contributed by atoms with E-state index in [9.17, 15) is 4.79 Å². The number of ether oxygens (including phenoxy) is 1. The highest BCUT2D eigenvalue weighted by Crippen LogP contribution is 2.27. The second-order valence-corrected chi connectivity index (χ2v) is 5.04. The number of carbonyl (C=O) groups is 1. The number of carbonyl (C=O) groups excluding carboxylic acids is 1. The average molecular weight is 273 g/mol. The molecule has 0 aliphatic carbocycles. The van der Waals surface area contributed by atoms with Crippen molar-refractivity contribution in [1.82, 2.24) is 10.3 Å². The summed E-state index contributed by atoms with van der Waals surface area (Å²) in [6.45, 7) is 4.70. The van der Waals surface area contributed by atoms with Gasteiger partial charge in [0.1, 0.15) is 11.3 Å². The molecule has 0 spiro atoms. The predicted molar refractivity (Wildman–Crippen MR) is 79.5 cm³/mol. The van der Waals surface area contributed by atoms with E-state index in [4.69, 9.17) is 10.5 Å². The lowest BCUT2D eigenvalue weighted by atomic mass is 10.2. The Labute approximate surface area is 118 Å². The molecule has 1 amide bonds. The van der Waals surface area contributed by atoms with Gasteiger partial charge in [-0.3, -0.25) is 9.78 Å². The van der Waals surface area contributed by atoms with Crippen LogP contribution in [-0.4, -0.2) is 24.0 Å². The fraction of sp³-hybridized carbons (Fsp3) is 0.333. The van der Waals surface area contributed by atoms with Gasteiger partial charge in [-0.2, -0.15) is 0 Å². The van der Waals surface area contributed by atoms with Crippen molar-refractivity contribution in [3.8, 4) is 5.75 Å². The Kier molecular flexibility index (Phi) is 4.40.